The van der Waals surface area contributed by atoms with Crippen LogP contribution in [0.15, 0.2) is 29.3 Å². The summed E-state index contributed by atoms with van der Waals surface area (Å²) in [5, 5.41) is 12.1. The van der Waals surface area contributed by atoms with E-state index in [1.54, 1.807) is 11.6 Å². The summed E-state index contributed by atoms with van der Waals surface area (Å²) in [5.41, 5.74) is 0.920. The molecule has 0 spiro atoms. The van der Waals surface area contributed by atoms with Crippen molar-refractivity contribution in [2.24, 2.45) is 14.1 Å². The van der Waals surface area contributed by atoms with Gasteiger partial charge in [-0.3, -0.25) is 4.57 Å². The SMILES string of the molecule is CCc1ccc[n+](-c2nc3c([O-])n(C)c(=O)n(C)c-3n2)c1. The molecule has 0 amide bonds. The Balaban J connectivity index is 2.27. The molecule has 0 unspecified atom stereocenters. The Bertz CT molecular complexity index is 849. The number of imidazole rings is 1. The fourth-order valence-electron chi connectivity index (χ4n) is 2.23. The maximum absolute atomic E-state index is 12.1. The molecule has 0 N–H and O–H groups in total. The number of fused-ring (bicyclic) bond motifs is 1. The third-order valence-electron chi connectivity index (χ3n) is 3.53. The van der Waals surface area contributed by atoms with Crippen molar-refractivity contribution in [3.8, 4) is 23.3 Å². The van der Waals surface area contributed by atoms with Crippen LogP contribution >= 0.6 is 0 Å². The second-order valence-corrected chi connectivity index (χ2v) is 4.87. The summed E-state index contributed by atoms with van der Waals surface area (Å²) < 4.78 is 4.12. The van der Waals surface area contributed by atoms with E-state index in [1.165, 1.54) is 11.6 Å². The molecule has 0 atom stereocenters. The highest BCUT2D eigenvalue weighted by molar-refractivity contribution is 5.58. The fourth-order valence-corrected chi connectivity index (χ4v) is 2.23. The van der Waals surface area contributed by atoms with Gasteiger partial charge < -0.3 is 9.67 Å². The van der Waals surface area contributed by atoms with Crippen LogP contribution in [0, 0.1) is 0 Å². The number of hydrogen-bond donors (Lipinski definition) is 0. The zero-order chi connectivity index (χ0) is 15.1. The highest BCUT2D eigenvalue weighted by atomic mass is 16.3. The van der Waals surface area contributed by atoms with E-state index in [-0.39, 0.29) is 5.69 Å². The zero-order valence-electron chi connectivity index (χ0n) is 12.1. The molecule has 0 bridgehead atoms. The second kappa shape index (κ2) is 4.69. The Kier molecular flexibility index (Phi) is 2.97. The van der Waals surface area contributed by atoms with E-state index in [4.69, 9.17) is 0 Å². The van der Waals surface area contributed by atoms with Gasteiger partial charge in [0.25, 0.3) is 5.82 Å². The highest BCUT2D eigenvalue weighted by Gasteiger charge is 2.27. The van der Waals surface area contributed by atoms with Crippen LogP contribution in [-0.2, 0) is 20.5 Å². The van der Waals surface area contributed by atoms with Gasteiger partial charge in [0.2, 0.25) is 5.69 Å². The second-order valence-electron chi connectivity index (χ2n) is 4.87. The number of pyridine rings is 1. The first kappa shape index (κ1) is 13.3. The number of nitrogens with zero attached hydrogens (tertiary/aromatic N) is 5. The van der Waals surface area contributed by atoms with E-state index in [0.29, 0.717) is 11.8 Å². The lowest BCUT2D eigenvalue weighted by molar-refractivity contribution is -0.603. The van der Waals surface area contributed by atoms with Crippen LogP contribution in [0.4, 0.5) is 0 Å². The number of aryl methyl sites for hydroxylation is 1. The molecule has 2 aliphatic heterocycles. The molecule has 0 aliphatic carbocycles. The van der Waals surface area contributed by atoms with Crippen molar-refractivity contribution < 1.29 is 9.67 Å². The average Bonchev–Trinajstić information content (AvgIpc) is 2.96. The lowest BCUT2D eigenvalue weighted by Gasteiger charge is -2.14. The van der Waals surface area contributed by atoms with Crippen LogP contribution in [0.25, 0.3) is 17.5 Å². The van der Waals surface area contributed by atoms with Gasteiger partial charge in [0.05, 0.1) is 12.4 Å². The zero-order valence-corrected chi connectivity index (χ0v) is 12.1. The lowest BCUT2D eigenvalue weighted by atomic mass is 10.2. The standard InChI is InChI=1S/C14H15N5O2/c1-4-9-6-5-7-19(8-9)13-15-10-11(16-13)17(2)14(21)18(3)12(10)20/h5-8H,4H2,1-3H3. The average molecular weight is 285 g/mol. The minimum Gasteiger partial charge on any atom is -0.857 e. The van der Waals surface area contributed by atoms with E-state index in [1.807, 2.05) is 24.5 Å². The molecule has 21 heavy (non-hydrogen) atoms. The molecule has 3 heterocycles. The van der Waals surface area contributed by atoms with Crippen molar-refractivity contribution >= 4 is 0 Å². The molecule has 1 aromatic rings. The Hall–Kier alpha value is -2.70. The van der Waals surface area contributed by atoms with Gasteiger partial charge in [-0.05, 0) is 23.0 Å². The molecule has 3 rings (SSSR count). The summed E-state index contributed by atoms with van der Waals surface area (Å²) in [6, 6.07) is 3.91. The first-order valence-corrected chi connectivity index (χ1v) is 6.64. The third-order valence-corrected chi connectivity index (χ3v) is 3.53. The van der Waals surface area contributed by atoms with Gasteiger partial charge in [0, 0.05) is 20.0 Å². The van der Waals surface area contributed by atoms with Crippen molar-refractivity contribution in [1.82, 2.24) is 19.1 Å². The van der Waals surface area contributed by atoms with E-state index >= 15 is 0 Å². The van der Waals surface area contributed by atoms with E-state index < -0.39 is 11.6 Å². The van der Waals surface area contributed by atoms with Gasteiger partial charge in [0.1, 0.15) is 0 Å². The summed E-state index contributed by atoms with van der Waals surface area (Å²) >= 11 is 0. The molecule has 0 fully saturated rings. The van der Waals surface area contributed by atoms with Crippen LogP contribution < -0.4 is 15.4 Å². The maximum Gasteiger partial charge on any atom is 0.440 e. The number of rotatable bonds is 2. The topological polar surface area (TPSA) is 79.6 Å². The predicted octanol–water partition coefficient (Wildman–Crippen LogP) is -0.469. The molecule has 108 valence electrons. The van der Waals surface area contributed by atoms with Crippen LogP contribution in [0.2, 0.25) is 0 Å². The summed E-state index contributed by atoms with van der Waals surface area (Å²) in [4.78, 5) is 20.5. The summed E-state index contributed by atoms with van der Waals surface area (Å²) in [5.74, 6) is 0.255. The monoisotopic (exact) mass is 285 g/mol. The van der Waals surface area contributed by atoms with Crippen molar-refractivity contribution in [2.45, 2.75) is 13.3 Å². The predicted molar refractivity (Wildman–Crippen MR) is 73.2 cm³/mol. The molecular formula is C14H15N5O2. The first-order valence-electron chi connectivity index (χ1n) is 6.64. The summed E-state index contributed by atoms with van der Waals surface area (Å²) in [6.07, 6.45) is 4.62. The molecule has 7 heteroatoms. The third kappa shape index (κ3) is 1.97. The van der Waals surface area contributed by atoms with Crippen LogP contribution in [0.1, 0.15) is 12.5 Å². The quantitative estimate of drug-likeness (QED) is 0.596. The molecule has 7 nitrogen and oxygen atoms in total. The van der Waals surface area contributed by atoms with Gasteiger partial charge in [-0.1, -0.05) is 18.0 Å². The molecule has 0 saturated heterocycles. The normalized spacial score (nSPS) is 11.2. The lowest BCUT2D eigenvalue weighted by Crippen LogP contribution is -2.32. The molecule has 2 aliphatic rings. The fraction of sp³-hybridized carbons (Fsp3) is 0.286. The molecule has 0 radical (unpaired) electrons. The largest absolute Gasteiger partial charge is 0.857 e. The van der Waals surface area contributed by atoms with Gasteiger partial charge >= 0.3 is 11.6 Å². The molecular weight excluding hydrogens is 270 g/mol. The van der Waals surface area contributed by atoms with Crippen molar-refractivity contribution in [3.05, 3.63) is 40.6 Å². The highest BCUT2D eigenvalue weighted by Crippen LogP contribution is 2.23. The molecule has 0 aromatic carbocycles. The molecule has 1 aromatic heterocycles. The first-order chi connectivity index (χ1) is 10.0. The Morgan fingerprint density at radius 3 is 2.76 bits per heavy atom. The number of aromatic nitrogens is 5. The van der Waals surface area contributed by atoms with Crippen molar-refractivity contribution in [1.29, 1.82) is 0 Å². The van der Waals surface area contributed by atoms with Crippen LogP contribution in [0.3, 0.4) is 0 Å². The van der Waals surface area contributed by atoms with Crippen LogP contribution in [-0.4, -0.2) is 19.1 Å². The number of hydrogen-bond acceptors (Lipinski definition) is 4. The summed E-state index contributed by atoms with van der Waals surface area (Å²) in [7, 11) is 3.01. The van der Waals surface area contributed by atoms with Crippen molar-refractivity contribution in [3.63, 3.8) is 0 Å². The van der Waals surface area contributed by atoms with Gasteiger partial charge in [-0.25, -0.2) is 9.36 Å². The van der Waals surface area contributed by atoms with E-state index in [2.05, 4.69) is 16.9 Å². The van der Waals surface area contributed by atoms with Gasteiger partial charge in [0.15, 0.2) is 0 Å². The Morgan fingerprint density at radius 1 is 1.29 bits per heavy atom. The molecule has 0 saturated carbocycles. The smallest absolute Gasteiger partial charge is 0.440 e. The van der Waals surface area contributed by atoms with Gasteiger partial charge in [-0.2, -0.15) is 0 Å². The maximum atomic E-state index is 12.1. The van der Waals surface area contributed by atoms with Crippen molar-refractivity contribution in [2.75, 3.05) is 0 Å². The van der Waals surface area contributed by atoms with E-state index in [9.17, 15) is 9.90 Å². The minimum absolute atomic E-state index is 0.198. The Morgan fingerprint density at radius 2 is 2.05 bits per heavy atom. The minimum atomic E-state index is -0.431. The van der Waals surface area contributed by atoms with Gasteiger partial charge in [-0.15, -0.1) is 0 Å². The Labute approximate surface area is 121 Å². The summed E-state index contributed by atoms with van der Waals surface area (Å²) in [6.45, 7) is 2.06. The van der Waals surface area contributed by atoms with Crippen LogP contribution in [0.5, 0.6) is 5.88 Å². The van der Waals surface area contributed by atoms with E-state index in [0.717, 1.165) is 16.6 Å².